The van der Waals surface area contributed by atoms with Crippen molar-refractivity contribution in [2.24, 2.45) is 7.05 Å². The molecule has 28 heavy (non-hydrogen) atoms. The number of amides is 2. The average Bonchev–Trinajstić information content (AvgIpc) is 2.58. The van der Waals surface area contributed by atoms with E-state index in [0.717, 1.165) is 30.2 Å². The fourth-order valence-electron chi connectivity index (χ4n) is 2.92. The van der Waals surface area contributed by atoms with Crippen molar-refractivity contribution in [1.82, 2.24) is 15.2 Å². The molecule has 0 spiro atoms. The van der Waals surface area contributed by atoms with Gasteiger partial charge in [-0.15, -0.1) is 0 Å². The van der Waals surface area contributed by atoms with Crippen molar-refractivity contribution in [3.05, 3.63) is 27.1 Å². The number of nitrogens with zero attached hydrogens (tertiary/aromatic N) is 1. The number of hydrogen-bond acceptors (Lipinski definition) is 5. The quantitative estimate of drug-likeness (QED) is 0.707. The van der Waals surface area contributed by atoms with Gasteiger partial charge < -0.3 is 24.7 Å². The van der Waals surface area contributed by atoms with Crippen LogP contribution in [0.1, 0.15) is 46.5 Å². The molecule has 0 unspecified atom stereocenters. The summed E-state index contributed by atoms with van der Waals surface area (Å²) in [6.45, 7) is 5.17. The van der Waals surface area contributed by atoms with Crippen LogP contribution in [0.3, 0.4) is 0 Å². The third kappa shape index (κ3) is 7.18. The lowest BCUT2D eigenvalue weighted by atomic mass is 9.93. The third-order valence-corrected chi connectivity index (χ3v) is 4.87. The summed E-state index contributed by atoms with van der Waals surface area (Å²) in [5.41, 5.74) is -0.728. The second kappa shape index (κ2) is 9.45. The Labute approximate surface area is 173 Å². The van der Waals surface area contributed by atoms with Gasteiger partial charge >= 0.3 is 6.09 Å². The van der Waals surface area contributed by atoms with Crippen LogP contribution in [0.15, 0.2) is 21.5 Å². The van der Waals surface area contributed by atoms with Crippen LogP contribution in [0.2, 0.25) is 0 Å². The smallest absolute Gasteiger partial charge is 0.408 e. The van der Waals surface area contributed by atoms with Crippen LogP contribution in [-0.2, 0) is 16.6 Å². The van der Waals surface area contributed by atoms with Crippen molar-refractivity contribution >= 4 is 27.9 Å². The molecule has 1 aromatic rings. The highest BCUT2D eigenvalue weighted by Crippen LogP contribution is 2.28. The maximum Gasteiger partial charge on any atom is 0.408 e. The SMILES string of the molecule is Cn1cc(Br)c(OC2CCC(NC(=O)CNC(=O)OC(C)(C)C)CC2)cc1=O. The Balaban J connectivity index is 1.73. The van der Waals surface area contributed by atoms with Crippen LogP contribution in [0, 0.1) is 0 Å². The van der Waals surface area contributed by atoms with Gasteiger partial charge in [-0.05, 0) is 62.4 Å². The molecule has 2 N–H and O–H groups in total. The molecule has 0 atom stereocenters. The van der Waals surface area contributed by atoms with Crippen LogP contribution >= 0.6 is 15.9 Å². The summed E-state index contributed by atoms with van der Waals surface area (Å²) in [4.78, 5) is 35.4. The molecular weight excluding hydrogens is 430 g/mol. The van der Waals surface area contributed by atoms with Gasteiger partial charge in [-0.1, -0.05) is 0 Å². The molecule has 1 aromatic heterocycles. The molecule has 0 saturated heterocycles. The zero-order chi connectivity index (χ0) is 20.9. The molecule has 2 rings (SSSR count). The van der Waals surface area contributed by atoms with Crippen molar-refractivity contribution in [1.29, 1.82) is 0 Å². The number of carbonyl (C=O) groups is 2. The molecule has 2 amide bonds. The maximum absolute atomic E-state index is 12.0. The number of rotatable bonds is 5. The van der Waals surface area contributed by atoms with Crippen molar-refractivity contribution in [3.8, 4) is 5.75 Å². The van der Waals surface area contributed by atoms with Crippen LogP contribution in [-0.4, -0.2) is 40.9 Å². The van der Waals surface area contributed by atoms with E-state index in [1.807, 2.05) is 0 Å². The van der Waals surface area contributed by atoms with E-state index in [4.69, 9.17) is 9.47 Å². The topological polar surface area (TPSA) is 98.7 Å². The highest BCUT2D eigenvalue weighted by Gasteiger charge is 2.25. The summed E-state index contributed by atoms with van der Waals surface area (Å²) >= 11 is 3.41. The zero-order valence-corrected chi connectivity index (χ0v) is 18.3. The van der Waals surface area contributed by atoms with Gasteiger partial charge in [0, 0.05) is 25.4 Å². The molecule has 1 saturated carbocycles. The number of alkyl carbamates (subject to hydrolysis) is 1. The van der Waals surface area contributed by atoms with Gasteiger partial charge in [-0.3, -0.25) is 9.59 Å². The number of halogens is 1. The first-order valence-corrected chi connectivity index (χ1v) is 10.1. The standard InChI is InChI=1S/C19H28BrN3O5/c1-19(2,3)28-18(26)21-10-16(24)22-12-5-7-13(8-6-12)27-15-9-17(25)23(4)11-14(15)20/h9,11-13H,5-8,10H2,1-4H3,(H,21,26)(H,22,24). The van der Waals surface area contributed by atoms with E-state index in [1.165, 1.54) is 10.6 Å². The molecule has 0 aromatic carbocycles. The van der Waals surface area contributed by atoms with E-state index in [0.29, 0.717) is 5.75 Å². The Kier molecular flexibility index (Phi) is 7.51. The summed E-state index contributed by atoms with van der Waals surface area (Å²) < 4.78 is 13.3. The lowest BCUT2D eigenvalue weighted by Gasteiger charge is -2.29. The van der Waals surface area contributed by atoms with Crippen LogP contribution in [0.25, 0.3) is 0 Å². The molecule has 0 aliphatic heterocycles. The monoisotopic (exact) mass is 457 g/mol. The van der Waals surface area contributed by atoms with Crippen LogP contribution in [0.4, 0.5) is 4.79 Å². The molecule has 156 valence electrons. The second-order valence-corrected chi connectivity index (χ2v) is 8.80. The average molecular weight is 458 g/mol. The molecule has 1 aliphatic rings. The highest BCUT2D eigenvalue weighted by atomic mass is 79.9. The normalized spacial score (nSPS) is 19.6. The number of aryl methyl sites for hydroxylation is 1. The molecule has 8 nitrogen and oxygen atoms in total. The Morgan fingerprint density at radius 3 is 2.50 bits per heavy atom. The van der Waals surface area contributed by atoms with E-state index in [1.54, 1.807) is 34.0 Å². The predicted molar refractivity (Wildman–Crippen MR) is 108 cm³/mol. The lowest BCUT2D eigenvalue weighted by Crippen LogP contribution is -2.45. The summed E-state index contributed by atoms with van der Waals surface area (Å²) in [7, 11) is 1.68. The predicted octanol–water partition coefficient (Wildman–Crippen LogP) is 2.48. The van der Waals surface area contributed by atoms with Gasteiger partial charge in [0.1, 0.15) is 17.9 Å². The van der Waals surface area contributed by atoms with E-state index in [9.17, 15) is 14.4 Å². The van der Waals surface area contributed by atoms with E-state index in [-0.39, 0.29) is 30.2 Å². The Bertz CT molecular complexity index is 764. The van der Waals surface area contributed by atoms with Gasteiger partial charge in [-0.2, -0.15) is 0 Å². The number of pyridine rings is 1. The molecule has 1 heterocycles. The number of carbonyl (C=O) groups excluding carboxylic acids is 2. The minimum absolute atomic E-state index is 0.00329. The Morgan fingerprint density at radius 2 is 1.89 bits per heavy atom. The third-order valence-electron chi connectivity index (χ3n) is 4.27. The zero-order valence-electron chi connectivity index (χ0n) is 16.7. The number of aromatic nitrogens is 1. The molecule has 0 bridgehead atoms. The van der Waals surface area contributed by atoms with Gasteiger partial charge in [-0.25, -0.2) is 4.79 Å². The van der Waals surface area contributed by atoms with Gasteiger partial charge in [0.2, 0.25) is 5.91 Å². The molecule has 9 heteroatoms. The summed E-state index contributed by atoms with van der Waals surface area (Å²) in [6.07, 6.45) is 4.14. The minimum atomic E-state index is -0.612. The highest BCUT2D eigenvalue weighted by molar-refractivity contribution is 9.10. The Hall–Kier alpha value is -2.03. The van der Waals surface area contributed by atoms with E-state index < -0.39 is 11.7 Å². The van der Waals surface area contributed by atoms with Gasteiger partial charge in [0.25, 0.3) is 5.56 Å². The molecule has 0 radical (unpaired) electrons. The van der Waals surface area contributed by atoms with Crippen molar-refractivity contribution < 1.29 is 19.1 Å². The van der Waals surface area contributed by atoms with Gasteiger partial charge in [0.05, 0.1) is 10.6 Å². The summed E-state index contributed by atoms with van der Waals surface area (Å²) in [5.74, 6) is 0.293. The lowest BCUT2D eigenvalue weighted by molar-refractivity contribution is -0.121. The fraction of sp³-hybridized carbons (Fsp3) is 0.632. The van der Waals surface area contributed by atoms with Crippen LogP contribution < -0.4 is 20.9 Å². The van der Waals surface area contributed by atoms with Crippen molar-refractivity contribution in [3.63, 3.8) is 0 Å². The maximum atomic E-state index is 12.0. The minimum Gasteiger partial charge on any atom is -0.489 e. The van der Waals surface area contributed by atoms with E-state index in [2.05, 4.69) is 26.6 Å². The number of hydrogen-bond donors (Lipinski definition) is 2. The van der Waals surface area contributed by atoms with Crippen molar-refractivity contribution in [2.75, 3.05) is 6.54 Å². The first-order chi connectivity index (χ1) is 13.0. The van der Waals surface area contributed by atoms with E-state index >= 15 is 0 Å². The number of ether oxygens (including phenoxy) is 2. The molecule has 1 fully saturated rings. The molecule has 1 aliphatic carbocycles. The summed E-state index contributed by atoms with van der Waals surface area (Å²) in [5, 5.41) is 5.37. The molecular formula is C19H28BrN3O5. The van der Waals surface area contributed by atoms with Crippen LogP contribution in [0.5, 0.6) is 5.75 Å². The first kappa shape index (κ1) is 22.3. The largest absolute Gasteiger partial charge is 0.489 e. The summed E-state index contributed by atoms with van der Waals surface area (Å²) in [6, 6.07) is 1.51. The fourth-order valence-corrected chi connectivity index (χ4v) is 3.44. The van der Waals surface area contributed by atoms with Crippen molar-refractivity contribution in [2.45, 2.75) is 64.2 Å². The Morgan fingerprint density at radius 1 is 1.25 bits per heavy atom. The van der Waals surface area contributed by atoms with Gasteiger partial charge in [0.15, 0.2) is 0 Å². The number of nitrogens with one attached hydrogen (secondary N) is 2. The first-order valence-electron chi connectivity index (χ1n) is 9.32. The second-order valence-electron chi connectivity index (χ2n) is 7.95.